The van der Waals surface area contributed by atoms with E-state index >= 15 is 0 Å². The van der Waals surface area contributed by atoms with Crippen molar-refractivity contribution in [1.29, 1.82) is 0 Å². The largest absolute Gasteiger partial charge is 1.00 e. The number of carbonyl (C=O) groups is 3. The van der Waals surface area contributed by atoms with Crippen LogP contribution in [-0.4, -0.2) is 60.0 Å². The Bertz CT molecular complexity index is 936. The Hall–Kier alpha value is -1.70. The zero-order valence-electron chi connectivity index (χ0n) is 20.6. The van der Waals surface area contributed by atoms with Gasteiger partial charge in [-0.15, -0.1) is 0 Å². The number of hydrogen-bond acceptors (Lipinski definition) is 7. The van der Waals surface area contributed by atoms with E-state index in [1.165, 1.54) is 0 Å². The number of nitrogens with one attached hydrogen (secondary N) is 3. The Morgan fingerprint density at radius 1 is 1.24 bits per heavy atom. The molecule has 13 heteroatoms. The van der Waals surface area contributed by atoms with E-state index < -0.39 is 45.6 Å². The second-order valence-electron chi connectivity index (χ2n) is 8.42. The number of rotatable bonds is 11. The minimum atomic E-state index is -4.92. The summed E-state index contributed by atoms with van der Waals surface area (Å²) in [6.07, 6.45) is -0.458. The van der Waals surface area contributed by atoms with Crippen molar-refractivity contribution < 1.29 is 68.2 Å². The van der Waals surface area contributed by atoms with Crippen molar-refractivity contribution >= 4 is 28.0 Å². The molecular weight excluding hydrogens is 477 g/mol. The molecule has 0 saturated carbocycles. The first-order valence-electron chi connectivity index (χ1n) is 10.7. The molecule has 34 heavy (non-hydrogen) atoms. The minimum absolute atomic E-state index is 0. The van der Waals surface area contributed by atoms with Gasteiger partial charge in [0.25, 0.3) is 10.1 Å². The molecule has 1 aromatic rings. The Morgan fingerprint density at radius 2 is 1.88 bits per heavy atom. The van der Waals surface area contributed by atoms with Gasteiger partial charge in [-0.3, -0.25) is 14.1 Å². The van der Waals surface area contributed by atoms with Gasteiger partial charge >= 0.3 is 35.7 Å². The third-order valence-corrected chi connectivity index (χ3v) is 6.15. The standard InChI is InChI=1S/C21H31N3O8S.Na.H/c1-13(2)10-16(24-21(28)32-12-14-6-4-3-5-7-14)19(26)23-17(20(27)33(29,30)31)11-15-8-9-22-18(15)25;;/h3-7,13,15-17,20,27H,8-12H2,1-2H3,(H,22,25)(H,23,26)(H,24,28)(H,29,30,31);;/q;+1;-1/t15?,16?,17-,20?;;/m0../s1. The van der Waals surface area contributed by atoms with Crippen LogP contribution in [-0.2, 0) is 31.1 Å². The molecule has 1 heterocycles. The van der Waals surface area contributed by atoms with E-state index in [-0.39, 0.29) is 62.3 Å². The first-order chi connectivity index (χ1) is 15.5. The van der Waals surface area contributed by atoms with Gasteiger partial charge in [-0.1, -0.05) is 44.2 Å². The van der Waals surface area contributed by atoms with Gasteiger partial charge in [0.15, 0.2) is 0 Å². The van der Waals surface area contributed by atoms with Crippen molar-refractivity contribution in [2.75, 3.05) is 6.54 Å². The number of ether oxygens (including phenoxy) is 1. The fourth-order valence-electron chi connectivity index (χ4n) is 3.52. The molecule has 3 unspecified atom stereocenters. The summed E-state index contributed by atoms with van der Waals surface area (Å²) >= 11 is 0. The zero-order chi connectivity index (χ0) is 24.6. The van der Waals surface area contributed by atoms with Crippen LogP contribution in [0, 0.1) is 11.8 Å². The molecule has 0 spiro atoms. The average molecular weight is 510 g/mol. The van der Waals surface area contributed by atoms with Gasteiger partial charge in [0.1, 0.15) is 12.6 Å². The van der Waals surface area contributed by atoms with Gasteiger partial charge in [0.2, 0.25) is 17.3 Å². The monoisotopic (exact) mass is 509 g/mol. The summed E-state index contributed by atoms with van der Waals surface area (Å²) in [6, 6.07) is 6.38. The summed E-state index contributed by atoms with van der Waals surface area (Å²) < 4.78 is 37.5. The first kappa shape index (κ1) is 30.3. The molecule has 0 radical (unpaired) electrons. The first-order valence-corrected chi connectivity index (χ1v) is 12.2. The van der Waals surface area contributed by atoms with E-state index in [2.05, 4.69) is 16.0 Å². The number of hydrogen-bond donors (Lipinski definition) is 5. The molecule has 1 fully saturated rings. The molecule has 3 amide bonds. The Kier molecular flexibility index (Phi) is 12.5. The predicted molar refractivity (Wildman–Crippen MR) is 119 cm³/mol. The van der Waals surface area contributed by atoms with E-state index in [9.17, 15) is 32.5 Å². The molecule has 0 aromatic heterocycles. The van der Waals surface area contributed by atoms with E-state index in [1.807, 2.05) is 19.9 Å². The second-order valence-corrected chi connectivity index (χ2v) is 9.93. The van der Waals surface area contributed by atoms with Gasteiger partial charge in [0, 0.05) is 12.5 Å². The summed E-state index contributed by atoms with van der Waals surface area (Å²) in [7, 11) is -4.92. The van der Waals surface area contributed by atoms with Gasteiger partial charge in [0.05, 0.1) is 6.04 Å². The topological polar surface area (TPSA) is 171 Å². The van der Waals surface area contributed by atoms with Crippen molar-refractivity contribution in [3.05, 3.63) is 35.9 Å². The number of aliphatic hydroxyl groups is 1. The molecular formula is C21H32N3NaO8S. The van der Waals surface area contributed by atoms with Crippen LogP contribution in [0.4, 0.5) is 4.79 Å². The second kappa shape index (κ2) is 14.0. The molecule has 186 valence electrons. The van der Waals surface area contributed by atoms with Crippen LogP contribution < -0.4 is 45.5 Å². The predicted octanol–water partition coefficient (Wildman–Crippen LogP) is -2.34. The summed E-state index contributed by atoms with van der Waals surface area (Å²) in [6.45, 7) is 4.02. The maximum Gasteiger partial charge on any atom is 1.00 e. The summed E-state index contributed by atoms with van der Waals surface area (Å²) in [5, 5.41) is 17.5. The molecule has 4 atom stereocenters. The number of alkyl carbamates (subject to hydrolysis) is 1. The molecule has 1 aliphatic rings. The SMILES string of the molecule is CC(C)CC(NC(=O)OCc1ccccc1)C(=O)N[C@@H](CC1CCNC1=O)C(O)S(=O)(=O)O.[H-].[Na+]. The summed E-state index contributed by atoms with van der Waals surface area (Å²) in [5.74, 6) is -1.77. The van der Waals surface area contributed by atoms with Gasteiger partial charge < -0.3 is 27.2 Å². The normalized spacial score (nSPS) is 18.3. The third kappa shape index (κ3) is 9.88. The molecule has 1 saturated heterocycles. The van der Waals surface area contributed by atoms with Gasteiger partial charge in [-0.25, -0.2) is 4.79 Å². The Morgan fingerprint density at radius 3 is 2.41 bits per heavy atom. The van der Waals surface area contributed by atoms with Gasteiger partial charge in [-0.05, 0) is 30.7 Å². The molecule has 2 rings (SSSR count). The van der Waals surface area contributed by atoms with Crippen molar-refractivity contribution in [1.82, 2.24) is 16.0 Å². The fraction of sp³-hybridized carbons (Fsp3) is 0.571. The van der Waals surface area contributed by atoms with Crippen LogP contribution in [0.1, 0.15) is 40.1 Å². The van der Waals surface area contributed by atoms with Crippen LogP contribution in [0.15, 0.2) is 30.3 Å². The van der Waals surface area contributed by atoms with E-state index in [4.69, 9.17) is 4.74 Å². The van der Waals surface area contributed by atoms with Crippen LogP contribution in [0.5, 0.6) is 0 Å². The molecule has 0 aliphatic carbocycles. The quantitative estimate of drug-likeness (QED) is 0.163. The molecule has 1 aliphatic heterocycles. The molecule has 5 N–H and O–H groups in total. The number of carbonyl (C=O) groups excluding carboxylic acids is 3. The summed E-state index contributed by atoms with van der Waals surface area (Å²) in [4.78, 5) is 37.1. The van der Waals surface area contributed by atoms with Crippen LogP contribution in [0.2, 0.25) is 0 Å². The molecule has 1 aromatic carbocycles. The molecule has 0 bridgehead atoms. The van der Waals surface area contributed by atoms with Crippen molar-refractivity contribution in [3.8, 4) is 0 Å². The Balaban J connectivity index is 0.00000578. The zero-order valence-corrected chi connectivity index (χ0v) is 22.4. The van der Waals surface area contributed by atoms with Crippen molar-refractivity contribution in [2.24, 2.45) is 11.8 Å². The fourth-order valence-corrected chi connectivity index (χ4v) is 4.12. The minimum Gasteiger partial charge on any atom is -1.00 e. The van der Waals surface area contributed by atoms with Gasteiger partial charge in [-0.2, -0.15) is 8.42 Å². The van der Waals surface area contributed by atoms with E-state index in [0.29, 0.717) is 13.0 Å². The van der Waals surface area contributed by atoms with Crippen molar-refractivity contribution in [2.45, 2.75) is 57.2 Å². The van der Waals surface area contributed by atoms with E-state index in [1.54, 1.807) is 24.3 Å². The maximum absolute atomic E-state index is 12.9. The maximum atomic E-state index is 12.9. The number of aliphatic hydroxyl groups excluding tert-OH is 1. The average Bonchev–Trinajstić information content (AvgIpc) is 3.14. The number of amides is 3. The van der Waals surface area contributed by atoms with Crippen LogP contribution in [0.25, 0.3) is 0 Å². The Labute approximate surface area is 222 Å². The number of benzene rings is 1. The van der Waals surface area contributed by atoms with Crippen molar-refractivity contribution in [3.63, 3.8) is 0 Å². The van der Waals surface area contributed by atoms with E-state index in [0.717, 1.165) is 5.56 Å². The van der Waals surface area contributed by atoms with Crippen LogP contribution >= 0.6 is 0 Å². The smallest absolute Gasteiger partial charge is 1.00 e. The summed E-state index contributed by atoms with van der Waals surface area (Å²) in [5.41, 5.74) is -1.58. The molecule has 11 nitrogen and oxygen atoms in total. The van der Waals surface area contributed by atoms with Crippen LogP contribution in [0.3, 0.4) is 0 Å². The third-order valence-electron chi connectivity index (χ3n) is 5.21.